The highest BCUT2D eigenvalue weighted by atomic mass is 79.9. The van der Waals surface area contributed by atoms with Gasteiger partial charge >= 0.3 is 0 Å². The lowest BCUT2D eigenvalue weighted by molar-refractivity contribution is 0.131. The molecule has 1 aromatic carbocycles. The third kappa shape index (κ3) is 3.80. The minimum Gasteiger partial charge on any atom is -0.329 e. The number of likely N-dealkylation sites (tertiary alicyclic amines) is 1. The molecule has 1 saturated heterocycles. The number of hydrogen-bond acceptors (Lipinski definition) is 2. The molecule has 112 valence electrons. The van der Waals surface area contributed by atoms with Gasteiger partial charge in [0.1, 0.15) is 5.82 Å². The standard InChI is InChI=1S/C16H24BrFN2/c1-2-3-12-6-8-20(9-7-12)16(11-19)14-10-13(18)4-5-15(14)17/h4-5,10,12,16H,2-3,6-9,11,19H2,1H3. The fraction of sp³-hybridized carbons (Fsp3) is 0.625. The normalized spacial score (nSPS) is 19.2. The molecular weight excluding hydrogens is 319 g/mol. The van der Waals surface area contributed by atoms with Gasteiger partial charge in [-0.3, -0.25) is 4.90 Å². The lowest BCUT2D eigenvalue weighted by Crippen LogP contribution is -2.40. The maximum atomic E-state index is 13.5. The molecule has 1 unspecified atom stereocenters. The Hall–Kier alpha value is -0.450. The molecule has 0 radical (unpaired) electrons. The molecule has 2 nitrogen and oxygen atoms in total. The second-order valence-corrected chi connectivity index (χ2v) is 6.54. The van der Waals surface area contributed by atoms with Gasteiger partial charge in [-0.25, -0.2) is 4.39 Å². The molecule has 0 bridgehead atoms. The van der Waals surface area contributed by atoms with Gasteiger partial charge < -0.3 is 5.73 Å². The highest BCUT2D eigenvalue weighted by Crippen LogP contribution is 2.32. The van der Waals surface area contributed by atoms with Crippen molar-refractivity contribution in [2.24, 2.45) is 11.7 Å². The lowest BCUT2D eigenvalue weighted by atomic mass is 9.91. The molecule has 1 fully saturated rings. The van der Waals surface area contributed by atoms with Crippen molar-refractivity contribution in [2.75, 3.05) is 19.6 Å². The zero-order valence-electron chi connectivity index (χ0n) is 12.1. The molecule has 0 aliphatic carbocycles. The maximum absolute atomic E-state index is 13.5. The summed E-state index contributed by atoms with van der Waals surface area (Å²) in [5.41, 5.74) is 6.94. The van der Waals surface area contributed by atoms with E-state index in [1.165, 1.54) is 31.7 Å². The van der Waals surface area contributed by atoms with Gasteiger partial charge in [-0.2, -0.15) is 0 Å². The molecular formula is C16H24BrFN2. The second kappa shape index (κ2) is 7.53. The van der Waals surface area contributed by atoms with Gasteiger partial charge in [0, 0.05) is 17.1 Å². The number of rotatable bonds is 5. The Bertz CT molecular complexity index is 430. The number of nitrogens with zero attached hydrogens (tertiary/aromatic N) is 1. The number of nitrogens with two attached hydrogens (primary N) is 1. The summed E-state index contributed by atoms with van der Waals surface area (Å²) in [7, 11) is 0. The molecule has 4 heteroatoms. The largest absolute Gasteiger partial charge is 0.329 e. The quantitative estimate of drug-likeness (QED) is 0.872. The van der Waals surface area contributed by atoms with Crippen LogP contribution in [0.1, 0.15) is 44.2 Å². The summed E-state index contributed by atoms with van der Waals surface area (Å²) in [5, 5.41) is 0. The van der Waals surface area contributed by atoms with E-state index in [-0.39, 0.29) is 11.9 Å². The fourth-order valence-corrected chi connectivity index (χ4v) is 3.72. The second-order valence-electron chi connectivity index (χ2n) is 5.69. The first-order chi connectivity index (χ1) is 9.65. The SMILES string of the molecule is CCCC1CCN(C(CN)c2cc(F)ccc2Br)CC1. The van der Waals surface area contributed by atoms with Gasteiger partial charge in [0.15, 0.2) is 0 Å². The third-order valence-electron chi connectivity index (χ3n) is 4.33. The number of halogens is 2. The minimum absolute atomic E-state index is 0.114. The first-order valence-corrected chi connectivity index (χ1v) is 8.34. The molecule has 2 rings (SSSR count). The monoisotopic (exact) mass is 342 g/mol. The summed E-state index contributed by atoms with van der Waals surface area (Å²) in [4.78, 5) is 2.41. The fourth-order valence-electron chi connectivity index (χ4n) is 3.20. The molecule has 20 heavy (non-hydrogen) atoms. The van der Waals surface area contributed by atoms with E-state index in [1.807, 2.05) is 0 Å². The molecule has 1 aliphatic heterocycles. The van der Waals surface area contributed by atoms with E-state index in [9.17, 15) is 4.39 Å². The van der Waals surface area contributed by atoms with E-state index in [4.69, 9.17) is 5.73 Å². The Morgan fingerprint density at radius 2 is 2.10 bits per heavy atom. The molecule has 1 atom stereocenters. The molecule has 0 amide bonds. The van der Waals surface area contributed by atoms with Crippen LogP contribution in [0.5, 0.6) is 0 Å². The predicted octanol–water partition coefficient (Wildman–Crippen LogP) is 4.10. The van der Waals surface area contributed by atoms with Gasteiger partial charge in [0.2, 0.25) is 0 Å². The number of hydrogen-bond donors (Lipinski definition) is 1. The van der Waals surface area contributed by atoms with Crippen molar-refractivity contribution < 1.29 is 4.39 Å². The van der Waals surface area contributed by atoms with Crippen molar-refractivity contribution in [3.8, 4) is 0 Å². The predicted molar refractivity (Wildman–Crippen MR) is 85.1 cm³/mol. The highest BCUT2D eigenvalue weighted by Gasteiger charge is 2.26. The van der Waals surface area contributed by atoms with Crippen molar-refractivity contribution >= 4 is 15.9 Å². The van der Waals surface area contributed by atoms with Crippen LogP contribution in [0.2, 0.25) is 0 Å². The first kappa shape index (κ1) is 15.9. The number of piperidine rings is 1. The van der Waals surface area contributed by atoms with Crippen molar-refractivity contribution in [1.29, 1.82) is 0 Å². The third-order valence-corrected chi connectivity index (χ3v) is 5.05. The topological polar surface area (TPSA) is 29.3 Å². The smallest absolute Gasteiger partial charge is 0.123 e. The van der Waals surface area contributed by atoms with E-state index < -0.39 is 0 Å². The van der Waals surface area contributed by atoms with Gasteiger partial charge in [0.05, 0.1) is 0 Å². The highest BCUT2D eigenvalue weighted by molar-refractivity contribution is 9.10. The van der Waals surface area contributed by atoms with Crippen molar-refractivity contribution in [1.82, 2.24) is 4.90 Å². The minimum atomic E-state index is -0.192. The Morgan fingerprint density at radius 3 is 2.70 bits per heavy atom. The van der Waals surface area contributed by atoms with Gasteiger partial charge in [-0.15, -0.1) is 0 Å². The van der Waals surface area contributed by atoms with Crippen LogP contribution in [0.25, 0.3) is 0 Å². The van der Waals surface area contributed by atoms with E-state index in [1.54, 1.807) is 12.1 Å². The Balaban J connectivity index is 2.07. The van der Waals surface area contributed by atoms with Crippen molar-refractivity contribution in [2.45, 2.75) is 38.6 Å². The average molecular weight is 343 g/mol. The summed E-state index contributed by atoms with van der Waals surface area (Å²) >= 11 is 3.53. The van der Waals surface area contributed by atoms with Crippen LogP contribution in [-0.4, -0.2) is 24.5 Å². The van der Waals surface area contributed by atoms with E-state index in [0.29, 0.717) is 6.54 Å². The van der Waals surface area contributed by atoms with Crippen LogP contribution >= 0.6 is 15.9 Å². The lowest BCUT2D eigenvalue weighted by Gasteiger charge is -2.37. The summed E-state index contributed by atoms with van der Waals surface area (Å²) in [6.45, 7) is 4.91. The van der Waals surface area contributed by atoms with Crippen LogP contribution in [0.15, 0.2) is 22.7 Å². The molecule has 1 aliphatic rings. The van der Waals surface area contributed by atoms with Crippen LogP contribution in [-0.2, 0) is 0 Å². The Labute approximate surface area is 129 Å². The summed E-state index contributed by atoms with van der Waals surface area (Å²) in [5.74, 6) is 0.660. The van der Waals surface area contributed by atoms with Gasteiger partial charge in [0.25, 0.3) is 0 Å². The van der Waals surface area contributed by atoms with Crippen LogP contribution < -0.4 is 5.73 Å². The van der Waals surface area contributed by atoms with Crippen molar-refractivity contribution in [3.05, 3.63) is 34.1 Å². The van der Waals surface area contributed by atoms with Gasteiger partial charge in [-0.1, -0.05) is 35.7 Å². The number of benzene rings is 1. The summed E-state index contributed by atoms with van der Waals surface area (Å²) in [6.07, 6.45) is 5.06. The van der Waals surface area contributed by atoms with Crippen LogP contribution in [0, 0.1) is 11.7 Å². The van der Waals surface area contributed by atoms with E-state index in [0.717, 1.165) is 29.0 Å². The summed E-state index contributed by atoms with van der Waals surface area (Å²) < 4.78 is 14.4. The molecule has 2 N–H and O–H groups in total. The molecule has 0 spiro atoms. The zero-order chi connectivity index (χ0) is 14.5. The Morgan fingerprint density at radius 1 is 1.40 bits per heavy atom. The van der Waals surface area contributed by atoms with Crippen LogP contribution in [0.3, 0.4) is 0 Å². The first-order valence-electron chi connectivity index (χ1n) is 7.54. The molecule has 1 heterocycles. The molecule has 1 aromatic rings. The van der Waals surface area contributed by atoms with E-state index in [2.05, 4.69) is 27.8 Å². The van der Waals surface area contributed by atoms with Crippen LogP contribution in [0.4, 0.5) is 4.39 Å². The summed E-state index contributed by atoms with van der Waals surface area (Å²) in [6, 6.07) is 4.98. The molecule has 0 aromatic heterocycles. The molecule has 0 saturated carbocycles. The average Bonchev–Trinajstić information content (AvgIpc) is 2.45. The van der Waals surface area contributed by atoms with E-state index >= 15 is 0 Å². The zero-order valence-corrected chi connectivity index (χ0v) is 13.7. The Kier molecular flexibility index (Phi) is 6.00. The maximum Gasteiger partial charge on any atom is 0.123 e. The van der Waals surface area contributed by atoms with Gasteiger partial charge in [-0.05, 0) is 55.6 Å². The van der Waals surface area contributed by atoms with Crippen molar-refractivity contribution in [3.63, 3.8) is 0 Å².